The van der Waals surface area contributed by atoms with E-state index in [9.17, 15) is 13.2 Å². The molecule has 4 nitrogen and oxygen atoms in total. The molecule has 110 valence electrons. The first-order valence-corrected chi connectivity index (χ1v) is 6.16. The van der Waals surface area contributed by atoms with Gasteiger partial charge in [0.2, 0.25) is 0 Å². The Morgan fingerprint density at radius 2 is 1.81 bits per heavy atom. The van der Waals surface area contributed by atoms with Crippen LogP contribution in [-0.2, 0) is 13.2 Å². The van der Waals surface area contributed by atoms with Crippen LogP contribution < -0.4 is 0 Å². The van der Waals surface area contributed by atoms with Crippen molar-refractivity contribution in [2.45, 2.75) is 26.9 Å². The first-order chi connectivity index (χ1) is 9.66. The molecule has 0 aliphatic heterocycles. The van der Waals surface area contributed by atoms with Gasteiger partial charge in [0.15, 0.2) is 0 Å². The maximum atomic E-state index is 12.9. The highest BCUT2D eigenvalue weighted by molar-refractivity contribution is 5.65. The Balaban J connectivity index is 2.68. The van der Waals surface area contributed by atoms with E-state index in [1.807, 2.05) is 6.07 Å². The summed E-state index contributed by atoms with van der Waals surface area (Å²) in [6.45, 7) is 4.57. The molecule has 0 aromatic carbocycles. The smallest absolute Gasteiger partial charge is 0.257 e. The van der Waals surface area contributed by atoms with Crippen molar-refractivity contribution in [3.63, 3.8) is 0 Å². The maximum Gasteiger partial charge on any atom is 0.418 e. The normalized spacial score (nSPS) is 11.5. The van der Waals surface area contributed by atoms with Crippen LogP contribution in [0.4, 0.5) is 13.2 Å². The zero-order valence-corrected chi connectivity index (χ0v) is 12.0. The molecule has 0 radical (unpaired) electrons. The van der Waals surface area contributed by atoms with E-state index >= 15 is 0 Å². The lowest BCUT2D eigenvalue weighted by molar-refractivity contribution is -0.138. The molecule has 0 aliphatic rings. The zero-order valence-electron chi connectivity index (χ0n) is 12.0. The lowest BCUT2D eigenvalue weighted by atomic mass is 10.0. The molecule has 0 atom stereocenters. The van der Waals surface area contributed by atoms with E-state index in [0.717, 1.165) is 6.07 Å². The summed E-state index contributed by atoms with van der Waals surface area (Å²) in [7, 11) is 1.61. The molecule has 2 rings (SSSR count). The molecule has 21 heavy (non-hydrogen) atoms. The zero-order chi connectivity index (χ0) is 15.9. The first kappa shape index (κ1) is 15.0. The molecule has 0 bridgehead atoms. The summed E-state index contributed by atoms with van der Waals surface area (Å²) < 4.78 is 40.0. The van der Waals surface area contributed by atoms with Crippen molar-refractivity contribution in [3.8, 4) is 17.5 Å². The molecule has 2 aromatic heterocycles. The minimum atomic E-state index is -4.43. The molecule has 0 unspecified atom stereocenters. The minimum Gasteiger partial charge on any atom is -0.257 e. The molecule has 0 N–H and O–H groups in total. The Bertz CT molecular complexity index is 751. The van der Waals surface area contributed by atoms with E-state index in [4.69, 9.17) is 5.26 Å². The van der Waals surface area contributed by atoms with Gasteiger partial charge in [0.25, 0.3) is 0 Å². The molecule has 0 saturated heterocycles. The van der Waals surface area contributed by atoms with Gasteiger partial charge in [-0.1, -0.05) is 0 Å². The number of aryl methyl sites for hydroxylation is 3. The average molecular weight is 294 g/mol. The molecule has 0 spiro atoms. The van der Waals surface area contributed by atoms with Gasteiger partial charge in [-0.15, -0.1) is 0 Å². The van der Waals surface area contributed by atoms with Gasteiger partial charge in [-0.2, -0.15) is 23.5 Å². The van der Waals surface area contributed by atoms with Gasteiger partial charge in [0.05, 0.1) is 17.0 Å². The lowest BCUT2D eigenvalue weighted by Crippen LogP contribution is -2.10. The van der Waals surface area contributed by atoms with Gasteiger partial charge in [0.1, 0.15) is 17.5 Å². The fourth-order valence-corrected chi connectivity index (χ4v) is 2.24. The fourth-order valence-electron chi connectivity index (χ4n) is 2.24. The minimum absolute atomic E-state index is 0.105. The Kier molecular flexibility index (Phi) is 3.49. The van der Waals surface area contributed by atoms with E-state index in [0.29, 0.717) is 28.2 Å². The van der Waals surface area contributed by atoms with Gasteiger partial charge in [0, 0.05) is 12.6 Å². The van der Waals surface area contributed by atoms with Gasteiger partial charge < -0.3 is 0 Å². The number of nitriles is 1. The van der Waals surface area contributed by atoms with Crippen molar-refractivity contribution in [1.29, 1.82) is 5.26 Å². The van der Waals surface area contributed by atoms with Crippen molar-refractivity contribution in [2.75, 3.05) is 0 Å². The molecule has 2 aromatic rings. The van der Waals surface area contributed by atoms with Crippen LogP contribution in [0.5, 0.6) is 0 Å². The van der Waals surface area contributed by atoms with Crippen LogP contribution in [0.1, 0.15) is 28.1 Å². The number of halogens is 3. The van der Waals surface area contributed by atoms with E-state index in [2.05, 4.69) is 10.1 Å². The van der Waals surface area contributed by atoms with E-state index in [1.165, 1.54) is 11.6 Å². The van der Waals surface area contributed by atoms with Crippen molar-refractivity contribution in [1.82, 2.24) is 14.8 Å². The summed E-state index contributed by atoms with van der Waals surface area (Å²) in [5, 5.41) is 13.2. The Labute approximate surface area is 119 Å². The maximum absolute atomic E-state index is 12.9. The molecule has 7 heteroatoms. The number of rotatable bonds is 1. The quantitative estimate of drug-likeness (QED) is 0.811. The molecular weight excluding hydrogens is 281 g/mol. The predicted octanol–water partition coefficient (Wildman–Crippen LogP) is 3.30. The van der Waals surface area contributed by atoms with Crippen LogP contribution >= 0.6 is 0 Å². The SMILES string of the molecule is Cc1cc(C(F)(F)F)c(C)nc1-c1nn(C)c(C#N)c1C. The number of nitrogens with zero attached hydrogens (tertiary/aromatic N) is 4. The predicted molar refractivity (Wildman–Crippen MR) is 70.4 cm³/mol. The molecule has 0 amide bonds. The average Bonchev–Trinajstić information content (AvgIpc) is 2.65. The van der Waals surface area contributed by atoms with Crippen LogP contribution in [0.15, 0.2) is 6.07 Å². The van der Waals surface area contributed by atoms with Gasteiger partial charge in [-0.3, -0.25) is 9.67 Å². The standard InChI is InChI=1S/C14H13F3N4/c1-7-5-10(14(15,16)17)9(3)19-12(7)13-8(2)11(6-18)21(4)20-13/h5H,1-4H3. The monoisotopic (exact) mass is 294 g/mol. The summed E-state index contributed by atoms with van der Waals surface area (Å²) in [6.07, 6.45) is -4.43. The van der Waals surface area contributed by atoms with E-state index in [1.54, 1.807) is 20.9 Å². The summed E-state index contributed by atoms with van der Waals surface area (Å²) in [6, 6.07) is 3.08. The largest absolute Gasteiger partial charge is 0.418 e. The Hall–Kier alpha value is -2.36. The number of pyridine rings is 1. The van der Waals surface area contributed by atoms with E-state index < -0.39 is 11.7 Å². The molecule has 0 saturated carbocycles. The second kappa shape index (κ2) is 4.88. The third kappa shape index (κ3) is 2.49. The second-order valence-electron chi connectivity index (χ2n) is 4.84. The highest BCUT2D eigenvalue weighted by atomic mass is 19.4. The van der Waals surface area contributed by atoms with Gasteiger partial charge in [-0.05, 0) is 32.4 Å². The number of aromatic nitrogens is 3. The third-order valence-electron chi connectivity index (χ3n) is 3.32. The van der Waals surface area contributed by atoms with Crippen LogP contribution in [-0.4, -0.2) is 14.8 Å². The lowest BCUT2D eigenvalue weighted by Gasteiger charge is -2.13. The van der Waals surface area contributed by atoms with Gasteiger partial charge >= 0.3 is 6.18 Å². The van der Waals surface area contributed by atoms with Gasteiger partial charge in [-0.25, -0.2) is 0 Å². The van der Waals surface area contributed by atoms with Crippen molar-refractivity contribution in [3.05, 3.63) is 34.1 Å². The van der Waals surface area contributed by atoms with Crippen molar-refractivity contribution >= 4 is 0 Å². The number of hydrogen-bond donors (Lipinski definition) is 0. The van der Waals surface area contributed by atoms with Crippen molar-refractivity contribution in [2.24, 2.45) is 7.05 Å². The summed E-state index contributed by atoms with van der Waals surface area (Å²) in [4.78, 5) is 4.05. The fraction of sp³-hybridized carbons (Fsp3) is 0.357. The highest BCUT2D eigenvalue weighted by Gasteiger charge is 2.34. The molecular formula is C14H13F3N4. The summed E-state index contributed by atoms with van der Waals surface area (Å²) in [5.74, 6) is 0. The Morgan fingerprint density at radius 3 is 2.29 bits per heavy atom. The number of alkyl halides is 3. The number of hydrogen-bond acceptors (Lipinski definition) is 3. The molecule has 0 fully saturated rings. The van der Waals surface area contributed by atoms with E-state index in [-0.39, 0.29) is 5.69 Å². The molecule has 0 aliphatic carbocycles. The van der Waals surface area contributed by atoms with Crippen LogP contribution in [0.25, 0.3) is 11.4 Å². The van der Waals surface area contributed by atoms with Crippen LogP contribution in [0.3, 0.4) is 0 Å². The Morgan fingerprint density at radius 1 is 1.19 bits per heavy atom. The summed E-state index contributed by atoms with van der Waals surface area (Å²) in [5.41, 5.74) is 1.29. The summed E-state index contributed by atoms with van der Waals surface area (Å²) >= 11 is 0. The molecule has 2 heterocycles. The second-order valence-corrected chi connectivity index (χ2v) is 4.84. The topological polar surface area (TPSA) is 54.5 Å². The highest BCUT2D eigenvalue weighted by Crippen LogP contribution is 2.34. The van der Waals surface area contributed by atoms with Crippen molar-refractivity contribution < 1.29 is 13.2 Å². The third-order valence-corrected chi connectivity index (χ3v) is 3.32. The van der Waals surface area contributed by atoms with Crippen LogP contribution in [0, 0.1) is 32.1 Å². The van der Waals surface area contributed by atoms with Crippen LogP contribution in [0.2, 0.25) is 0 Å². The first-order valence-electron chi connectivity index (χ1n) is 6.16.